The Morgan fingerprint density at radius 1 is 1.40 bits per heavy atom. The van der Waals surface area contributed by atoms with E-state index >= 15 is 0 Å². The zero-order valence-corrected chi connectivity index (χ0v) is 8.66. The summed E-state index contributed by atoms with van der Waals surface area (Å²) in [5, 5.41) is 3.29. The second-order valence-corrected chi connectivity index (χ2v) is 4.08. The molecule has 3 heteroatoms. The van der Waals surface area contributed by atoms with Crippen LogP contribution < -0.4 is 14.8 Å². The molecule has 1 fully saturated rings. The minimum absolute atomic E-state index is 0.306. The van der Waals surface area contributed by atoms with Crippen molar-refractivity contribution in [1.82, 2.24) is 5.32 Å². The number of hydrogen-bond donors (Lipinski definition) is 1. The van der Waals surface area contributed by atoms with Gasteiger partial charge in [0.15, 0.2) is 11.5 Å². The molecular weight excluding hydrogens is 190 g/mol. The van der Waals surface area contributed by atoms with Gasteiger partial charge in [-0.1, -0.05) is 12.1 Å². The van der Waals surface area contributed by atoms with Crippen LogP contribution in [0.1, 0.15) is 12.0 Å². The summed E-state index contributed by atoms with van der Waals surface area (Å²) in [6.07, 6.45) is 2.40. The van der Waals surface area contributed by atoms with Gasteiger partial charge in [0.25, 0.3) is 0 Å². The SMILES string of the molecule is c1cc2c(c(OC3CCNC3)c1)OCC2. The van der Waals surface area contributed by atoms with E-state index in [2.05, 4.69) is 11.4 Å². The number of nitrogens with one attached hydrogen (secondary N) is 1. The molecule has 2 aliphatic heterocycles. The number of hydrogen-bond acceptors (Lipinski definition) is 3. The van der Waals surface area contributed by atoms with Crippen LogP contribution in [-0.4, -0.2) is 25.8 Å². The molecular formula is C12H15NO2. The highest BCUT2D eigenvalue weighted by molar-refractivity contribution is 5.48. The van der Waals surface area contributed by atoms with Gasteiger partial charge in [0.2, 0.25) is 0 Å². The second-order valence-electron chi connectivity index (χ2n) is 4.08. The Balaban J connectivity index is 1.82. The number of para-hydroxylation sites is 1. The zero-order chi connectivity index (χ0) is 10.1. The summed E-state index contributed by atoms with van der Waals surface area (Å²) in [5.41, 5.74) is 1.28. The van der Waals surface area contributed by atoms with Gasteiger partial charge in [-0.05, 0) is 19.0 Å². The summed E-state index contributed by atoms with van der Waals surface area (Å²) < 4.78 is 11.5. The van der Waals surface area contributed by atoms with Crippen molar-refractivity contribution >= 4 is 0 Å². The Hall–Kier alpha value is -1.22. The van der Waals surface area contributed by atoms with E-state index in [1.807, 2.05) is 12.1 Å². The van der Waals surface area contributed by atoms with E-state index in [4.69, 9.17) is 9.47 Å². The molecule has 15 heavy (non-hydrogen) atoms. The molecule has 80 valence electrons. The highest BCUT2D eigenvalue weighted by Crippen LogP contribution is 2.36. The molecule has 3 nitrogen and oxygen atoms in total. The van der Waals surface area contributed by atoms with Crippen molar-refractivity contribution in [3.63, 3.8) is 0 Å². The summed E-state index contributed by atoms with van der Waals surface area (Å²) in [7, 11) is 0. The van der Waals surface area contributed by atoms with E-state index in [1.165, 1.54) is 5.56 Å². The number of fused-ring (bicyclic) bond motifs is 1. The quantitative estimate of drug-likeness (QED) is 0.790. The molecule has 3 rings (SSSR count). The van der Waals surface area contributed by atoms with Crippen molar-refractivity contribution in [1.29, 1.82) is 0 Å². The molecule has 1 saturated heterocycles. The van der Waals surface area contributed by atoms with Gasteiger partial charge in [0.1, 0.15) is 6.10 Å². The van der Waals surface area contributed by atoms with Crippen LogP contribution in [0, 0.1) is 0 Å². The van der Waals surface area contributed by atoms with Crippen LogP contribution in [0.25, 0.3) is 0 Å². The van der Waals surface area contributed by atoms with Crippen LogP contribution in [0.3, 0.4) is 0 Å². The third-order valence-corrected chi connectivity index (χ3v) is 2.99. The number of benzene rings is 1. The van der Waals surface area contributed by atoms with E-state index in [9.17, 15) is 0 Å². The molecule has 1 N–H and O–H groups in total. The summed E-state index contributed by atoms with van der Waals surface area (Å²) in [6, 6.07) is 6.16. The lowest BCUT2D eigenvalue weighted by atomic mass is 10.1. The summed E-state index contributed by atoms with van der Waals surface area (Å²) >= 11 is 0. The number of rotatable bonds is 2. The first-order valence-corrected chi connectivity index (χ1v) is 5.55. The van der Waals surface area contributed by atoms with E-state index in [1.54, 1.807) is 0 Å². The predicted octanol–water partition coefficient (Wildman–Crippen LogP) is 1.36. The van der Waals surface area contributed by atoms with Crippen molar-refractivity contribution < 1.29 is 9.47 Å². The standard InChI is InChI=1S/C12H15NO2/c1-2-9-5-7-14-12(9)11(3-1)15-10-4-6-13-8-10/h1-3,10,13H,4-8H2. The van der Waals surface area contributed by atoms with Gasteiger partial charge in [0.05, 0.1) is 6.61 Å². The summed E-state index contributed by atoms with van der Waals surface area (Å²) in [6.45, 7) is 2.79. The van der Waals surface area contributed by atoms with E-state index < -0.39 is 0 Å². The van der Waals surface area contributed by atoms with Crippen molar-refractivity contribution in [3.05, 3.63) is 23.8 Å². The van der Waals surface area contributed by atoms with Gasteiger partial charge in [-0.25, -0.2) is 0 Å². The lowest BCUT2D eigenvalue weighted by molar-refractivity contribution is 0.211. The first-order valence-electron chi connectivity index (χ1n) is 5.55. The Labute approximate surface area is 89.4 Å². The monoisotopic (exact) mass is 205 g/mol. The molecule has 1 aromatic carbocycles. The van der Waals surface area contributed by atoms with E-state index in [0.717, 1.165) is 44.0 Å². The smallest absolute Gasteiger partial charge is 0.164 e. The van der Waals surface area contributed by atoms with Gasteiger partial charge in [-0.3, -0.25) is 0 Å². The van der Waals surface area contributed by atoms with Crippen molar-refractivity contribution in [2.75, 3.05) is 19.7 Å². The Bertz CT molecular complexity index is 359. The van der Waals surface area contributed by atoms with Gasteiger partial charge < -0.3 is 14.8 Å². The van der Waals surface area contributed by atoms with Crippen LogP contribution in [0.15, 0.2) is 18.2 Å². The molecule has 0 saturated carbocycles. The van der Waals surface area contributed by atoms with Crippen molar-refractivity contribution in [2.24, 2.45) is 0 Å². The van der Waals surface area contributed by atoms with Crippen LogP contribution >= 0.6 is 0 Å². The Morgan fingerprint density at radius 2 is 2.40 bits per heavy atom. The molecule has 0 amide bonds. The maximum Gasteiger partial charge on any atom is 0.164 e. The molecule has 0 radical (unpaired) electrons. The highest BCUT2D eigenvalue weighted by Gasteiger charge is 2.21. The minimum Gasteiger partial charge on any atom is -0.489 e. The van der Waals surface area contributed by atoms with Crippen LogP contribution in [0.4, 0.5) is 0 Å². The summed E-state index contributed by atoms with van der Waals surface area (Å²) in [4.78, 5) is 0. The van der Waals surface area contributed by atoms with E-state index in [-0.39, 0.29) is 0 Å². The van der Waals surface area contributed by atoms with Crippen LogP contribution in [0.5, 0.6) is 11.5 Å². The Morgan fingerprint density at radius 3 is 3.27 bits per heavy atom. The molecule has 2 heterocycles. The zero-order valence-electron chi connectivity index (χ0n) is 8.66. The normalized spacial score (nSPS) is 23.6. The first kappa shape index (κ1) is 9.04. The molecule has 0 aliphatic carbocycles. The first-order chi connectivity index (χ1) is 7.43. The lowest BCUT2D eigenvalue weighted by Crippen LogP contribution is -2.19. The maximum absolute atomic E-state index is 5.93. The average molecular weight is 205 g/mol. The molecule has 2 aliphatic rings. The summed E-state index contributed by atoms with van der Waals surface area (Å²) in [5.74, 6) is 1.88. The molecule has 1 aromatic rings. The number of ether oxygens (including phenoxy) is 2. The topological polar surface area (TPSA) is 30.5 Å². The van der Waals surface area contributed by atoms with Gasteiger partial charge in [0, 0.05) is 18.5 Å². The third kappa shape index (κ3) is 1.67. The van der Waals surface area contributed by atoms with Gasteiger partial charge in [-0.15, -0.1) is 0 Å². The van der Waals surface area contributed by atoms with E-state index in [0.29, 0.717) is 6.10 Å². The van der Waals surface area contributed by atoms with Crippen LogP contribution in [0.2, 0.25) is 0 Å². The molecule has 1 unspecified atom stereocenters. The highest BCUT2D eigenvalue weighted by atomic mass is 16.5. The van der Waals surface area contributed by atoms with Crippen molar-refractivity contribution in [3.8, 4) is 11.5 Å². The molecule has 0 spiro atoms. The lowest BCUT2D eigenvalue weighted by Gasteiger charge is -2.14. The Kier molecular flexibility index (Phi) is 2.25. The molecule has 0 bridgehead atoms. The fourth-order valence-corrected chi connectivity index (χ4v) is 2.19. The fourth-order valence-electron chi connectivity index (χ4n) is 2.19. The maximum atomic E-state index is 5.93. The van der Waals surface area contributed by atoms with Crippen molar-refractivity contribution in [2.45, 2.75) is 18.9 Å². The molecule has 0 aromatic heterocycles. The predicted molar refractivity (Wildman–Crippen MR) is 57.5 cm³/mol. The van der Waals surface area contributed by atoms with Gasteiger partial charge >= 0.3 is 0 Å². The average Bonchev–Trinajstić information content (AvgIpc) is 2.87. The third-order valence-electron chi connectivity index (χ3n) is 2.99. The fraction of sp³-hybridized carbons (Fsp3) is 0.500. The minimum atomic E-state index is 0.306. The van der Waals surface area contributed by atoms with Gasteiger partial charge in [-0.2, -0.15) is 0 Å². The van der Waals surface area contributed by atoms with Crippen LogP contribution in [-0.2, 0) is 6.42 Å². The second kappa shape index (κ2) is 3.74. The largest absolute Gasteiger partial charge is 0.489 e. The molecule has 1 atom stereocenters.